The second-order valence-corrected chi connectivity index (χ2v) is 5.41. The van der Waals surface area contributed by atoms with Crippen molar-refractivity contribution in [1.82, 2.24) is 4.98 Å². The van der Waals surface area contributed by atoms with Gasteiger partial charge in [0.15, 0.2) is 5.13 Å². The third-order valence-corrected chi connectivity index (χ3v) is 3.69. The van der Waals surface area contributed by atoms with E-state index in [1.54, 1.807) is 0 Å². The van der Waals surface area contributed by atoms with Crippen molar-refractivity contribution in [3.05, 3.63) is 40.4 Å². The highest BCUT2D eigenvalue weighted by atomic mass is 32.1. The average Bonchev–Trinajstić information content (AvgIpc) is 2.77. The van der Waals surface area contributed by atoms with Crippen LogP contribution in [0.15, 0.2) is 23.6 Å². The van der Waals surface area contributed by atoms with Gasteiger partial charge in [0.2, 0.25) is 5.91 Å². The third kappa shape index (κ3) is 3.79. The molecule has 2 aromatic rings. The van der Waals surface area contributed by atoms with Gasteiger partial charge < -0.3 is 11.1 Å². The van der Waals surface area contributed by atoms with E-state index in [0.717, 1.165) is 11.4 Å². The number of nitrogens with zero attached hydrogens (tertiary/aromatic N) is 1. The minimum atomic E-state index is -0.00479. The lowest BCUT2D eigenvalue weighted by Crippen LogP contribution is -2.12. The molecule has 0 radical (unpaired) electrons. The van der Waals surface area contributed by atoms with Gasteiger partial charge in [-0.25, -0.2) is 4.98 Å². The Morgan fingerprint density at radius 3 is 2.79 bits per heavy atom. The van der Waals surface area contributed by atoms with E-state index in [2.05, 4.69) is 10.3 Å². The summed E-state index contributed by atoms with van der Waals surface area (Å²) in [5.41, 5.74) is 9.65. The van der Waals surface area contributed by atoms with Crippen LogP contribution in [0, 0.1) is 13.8 Å². The largest absolute Gasteiger partial charge is 0.375 e. The van der Waals surface area contributed by atoms with Crippen LogP contribution in [-0.4, -0.2) is 10.9 Å². The zero-order valence-corrected chi connectivity index (χ0v) is 11.9. The molecule has 2 rings (SSSR count). The summed E-state index contributed by atoms with van der Waals surface area (Å²) in [6, 6.07) is 5.90. The first kappa shape index (κ1) is 13.5. The number of nitrogen functional groups attached to an aromatic ring is 1. The van der Waals surface area contributed by atoms with Gasteiger partial charge in [-0.3, -0.25) is 4.79 Å². The van der Waals surface area contributed by atoms with Crippen molar-refractivity contribution in [2.24, 2.45) is 0 Å². The molecule has 5 heteroatoms. The SMILES string of the molecule is Cc1ccc(NC(=O)CCc2csc(N)n2)cc1C. The molecule has 0 bridgehead atoms. The van der Waals surface area contributed by atoms with E-state index in [9.17, 15) is 4.79 Å². The van der Waals surface area contributed by atoms with Gasteiger partial charge in [-0.2, -0.15) is 0 Å². The van der Waals surface area contributed by atoms with E-state index < -0.39 is 0 Å². The maximum Gasteiger partial charge on any atom is 0.224 e. The number of aryl methyl sites for hydroxylation is 3. The van der Waals surface area contributed by atoms with E-state index in [4.69, 9.17) is 5.73 Å². The maximum atomic E-state index is 11.8. The molecule has 0 unspecified atom stereocenters. The van der Waals surface area contributed by atoms with Crippen LogP contribution in [0.25, 0.3) is 0 Å². The Kier molecular flexibility index (Phi) is 4.16. The van der Waals surface area contributed by atoms with Crippen LogP contribution in [0.5, 0.6) is 0 Å². The van der Waals surface area contributed by atoms with Crippen molar-refractivity contribution in [3.63, 3.8) is 0 Å². The fourth-order valence-electron chi connectivity index (χ4n) is 1.72. The molecule has 0 saturated heterocycles. The zero-order valence-electron chi connectivity index (χ0n) is 11.1. The molecule has 0 fully saturated rings. The monoisotopic (exact) mass is 275 g/mol. The van der Waals surface area contributed by atoms with E-state index in [0.29, 0.717) is 18.0 Å². The summed E-state index contributed by atoms with van der Waals surface area (Å²) in [6.45, 7) is 4.08. The van der Waals surface area contributed by atoms with Crippen molar-refractivity contribution < 1.29 is 4.79 Å². The standard InChI is InChI=1S/C14H17N3OS/c1-9-3-4-11(7-10(9)2)16-13(18)6-5-12-8-19-14(15)17-12/h3-4,7-8H,5-6H2,1-2H3,(H2,15,17)(H,16,18). The minimum Gasteiger partial charge on any atom is -0.375 e. The Balaban J connectivity index is 1.88. The third-order valence-electron chi connectivity index (χ3n) is 2.97. The lowest BCUT2D eigenvalue weighted by molar-refractivity contribution is -0.116. The van der Waals surface area contributed by atoms with E-state index in [1.807, 2.05) is 37.4 Å². The summed E-state index contributed by atoms with van der Waals surface area (Å²) in [4.78, 5) is 16.0. The molecule has 0 aliphatic carbocycles. The van der Waals surface area contributed by atoms with E-state index >= 15 is 0 Å². The quantitative estimate of drug-likeness (QED) is 0.901. The molecule has 0 atom stereocenters. The molecule has 1 aromatic heterocycles. The summed E-state index contributed by atoms with van der Waals surface area (Å²) in [5.74, 6) is -0.00479. The normalized spacial score (nSPS) is 10.4. The van der Waals surface area contributed by atoms with Crippen LogP contribution in [0.2, 0.25) is 0 Å². The van der Waals surface area contributed by atoms with Crippen LogP contribution < -0.4 is 11.1 Å². The number of carbonyl (C=O) groups is 1. The number of thiazole rings is 1. The number of hydrogen-bond donors (Lipinski definition) is 2. The Morgan fingerprint density at radius 2 is 2.16 bits per heavy atom. The summed E-state index contributed by atoms with van der Waals surface area (Å²) in [5, 5.41) is 5.33. The number of hydrogen-bond acceptors (Lipinski definition) is 4. The molecule has 0 spiro atoms. The number of nitrogens with one attached hydrogen (secondary N) is 1. The van der Waals surface area contributed by atoms with Crippen molar-refractivity contribution >= 4 is 28.1 Å². The predicted octanol–water partition coefficient (Wildman–Crippen LogP) is 2.91. The molecule has 1 heterocycles. The highest BCUT2D eigenvalue weighted by Crippen LogP contribution is 2.15. The van der Waals surface area contributed by atoms with Crippen LogP contribution in [-0.2, 0) is 11.2 Å². The van der Waals surface area contributed by atoms with E-state index in [1.165, 1.54) is 22.5 Å². The Hall–Kier alpha value is -1.88. The predicted molar refractivity (Wildman–Crippen MR) is 79.4 cm³/mol. The number of nitrogens with two attached hydrogens (primary N) is 1. The number of aromatic nitrogens is 1. The van der Waals surface area contributed by atoms with Gasteiger partial charge in [-0.15, -0.1) is 11.3 Å². The fraction of sp³-hybridized carbons (Fsp3) is 0.286. The highest BCUT2D eigenvalue weighted by Gasteiger charge is 2.06. The van der Waals surface area contributed by atoms with Gasteiger partial charge in [0.25, 0.3) is 0 Å². The van der Waals surface area contributed by atoms with Crippen LogP contribution in [0.1, 0.15) is 23.2 Å². The van der Waals surface area contributed by atoms with Gasteiger partial charge in [-0.1, -0.05) is 6.07 Å². The lowest BCUT2D eigenvalue weighted by Gasteiger charge is -2.07. The topological polar surface area (TPSA) is 68.0 Å². The molecule has 3 N–H and O–H groups in total. The van der Waals surface area contributed by atoms with Gasteiger partial charge >= 0.3 is 0 Å². The van der Waals surface area contributed by atoms with Crippen molar-refractivity contribution in [2.75, 3.05) is 11.1 Å². The summed E-state index contributed by atoms with van der Waals surface area (Å²) in [7, 11) is 0. The first-order chi connectivity index (χ1) is 9.04. The Bertz CT molecular complexity index is 592. The highest BCUT2D eigenvalue weighted by molar-refractivity contribution is 7.13. The first-order valence-corrected chi connectivity index (χ1v) is 6.99. The van der Waals surface area contributed by atoms with Crippen LogP contribution >= 0.6 is 11.3 Å². The number of rotatable bonds is 4. The molecule has 0 aliphatic rings. The molecule has 1 amide bonds. The Labute approximate surface area is 116 Å². The molecule has 1 aromatic carbocycles. The summed E-state index contributed by atoms with van der Waals surface area (Å²) >= 11 is 1.40. The smallest absolute Gasteiger partial charge is 0.224 e. The number of anilines is 2. The summed E-state index contributed by atoms with van der Waals surface area (Å²) < 4.78 is 0. The zero-order chi connectivity index (χ0) is 13.8. The number of amides is 1. The lowest BCUT2D eigenvalue weighted by atomic mass is 10.1. The molecule has 0 aliphatic heterocycles. The van der Waals surface area contributed by atoms with Crippen LogP contribution in [0.3, 0.4) is 0 Å². The Morgan fingerprint density at radius 1 is 1.37 bits per heavy atom. The van der Waals surface area contributed by atoms with E-state index in [-0.39, 0.29) is 5.91 Å². The number of carbonyl (C=O) groups excluding carboxylic acids is 1. The van der Waals surface area contributed by atoms with Crippen LogP contribution in [0.4, 0.5) is 10.8 Å². The van der Waals surface area contributed by atoms with Crippen molar-refractivity contribution in [3.8, 4) is 0 Å². The second kappa shape index (κ2) is 5.84. The summed E-state index contributed by atoms with van der Waals surface area (Å²) in [6.07, 6.45) is 1.03. The second-order valence-electron chi connectivity index (χ2n) is 4.52. The van der Waals surface area contributed by atoms with Gasteiger partial charge in [0.1, 0.15) is 0 Å². The van der Waals surface area contributed by atoms with Crippen molar-refractivity contribution in [1.29, 1.82) is 0 Å². The maximum absolute atomic E-state index is 11.8. The molecular weight excluding hydrogens is 258 g/mol. The number of benzene rings is 1. The minimum absolute atomic E-state index is 0.00479. The average molecular weight is 275 g/mol. The van der Waals surface area contributed by atoms with Crippen molar-refractivity contribution in [2.45, 2.75) is 26.7 Å². The molecule has 19 heavy (non-hydrogen) atoms. The molecular formula is C14H17N3OS. The van der Waals surface area contributed by atoms with Gasteiger partial charge in [-0.05, 0) is 43.5 Å². The van der Waals surface area contributed by atoms with Gasteiger partial charge in [0.05, 0.1) is 5.69 Å². The molecule has 4 nitrogen and oxygen atoms in total. The molecule has 100 valence electrons. The fourth-order valence-corrected chi connectivity index (χ4v) is 2.32. The van der Waals surface area contributed by atoms with Gasteiger partial charge in [0, 0.05) is 17.5 Å². The molecule has 0 saturated carbocycles. The first-order valence-electron chi connectivity index (χ1n) is 6.11.